The van der Waals surface area contributed by atoms with E-state index in [0.717, 1.165) is 40.9 Å². The fraction of sp³-hybridized carbons (Fsp3) is 0.300. The summed E-state index contributed by atoms with van der Waals surface area (Å²) in [4.78, 5) is 9.10. The number of hydrogen-bond acceptors (Lipinski definition) is 7. The number of sulfonamides is 1. The predicted molar refractivity (Wildman–Crippen MR) is 160 cm³/mol. The highest BCUT2D eigenvalue weighted by Crippen LogP contribution is 2.33. The lowest BCUT2D eigenvalue weighted by Crippen LogP contribution is -2.15. The Morgan fingerprint density at radius 1 is 1.07 bits per heavy atom. The minimum atomic E-state index is -3.97. The van der Waals surface area contributed by atoms with E-state index in [1.165, 1.54) is 0 Å². The van der Waals surface area contributed by atoms with Crippen LogP contribution in [0.25, 0.3) is 22.2 Å². The van der Waals surface area contributed by atoms with Crippen molar-refractivity contribution in [1.29, 1.82) is 0 Å². The van der Waals surface area contributed by atoms with E-state index in [1.807, 2.05) is 31.2 Å². The van der Waals surface area contributed by atoms with Gasteiger partial charge in [0.15, 0.2) is 11.0 Å². The van der Waals surface area contributed by atoms with Crippen LogP contribution in [0.4, 0.5) is 5.82 Å². The Kier molecular flexibility index (Phi) is 8.44. The molecule has 41 heavy (non-hydrogen) atoms. The Labute approximate surface area is 244 Å². The summed E-state index contributed by atoms with van der Waals surface area (Å²) in [5.41, 5.74) is 5.49. The molecule has 0 unspecified atom stereocenters. The van der Waals surface area contributed by atoms with Crippen LogP contribution < -0.4 is 4.72 Å². The molecule has 0 spiro atoms. The van der Waals surface area contributed by atoms with Crippen LogP contribution in [0.3, 0.4) is 0 Å². The van der Waals surface area contributed by atoms with E-state index in [0.29, 0.717) is 47.3 Å². The van der Waals surface area contributed by atoms with E-state index in [-0.39, 0.29) is 10.7 Å². The van der Waals surface area contributed by atoms with Crippen molar-refractivity contribution < 1.29 is 17.7 Å². The Morgan fingerprint density at radius 2 is 1.88 bits per heavy atom. The maximum atomic E-state index is 13.6. The van der Waals surface area contributed by atoms with Gasteiger partial charge in [0.25, 0.3) is 10.0 Å². The smallest absolute Gasteiger partial charge is 0.263 e. The van der Waals surface area contributed by atoms with E-state index in [1.54, 1.807) is 38.2 Å². The highest BCUT2D eigenvalue weighted by molar-refractivity contribution is 7.92. The number of nitrogens with zero attached hydrogens (tertiary/aromatic N) is 4. The molecule has 11 heteroatoms. The van der Waals surface area contributed by atoms with E-state index >= 15 is 0 Å². The lowest BCUT2D eigenvalue weighted by molar-refractivity contribution is 0.134. The Morgan fingerprint density at radius 3 is 2.61 bits per heavy atom. The third kappa shape index (κ3) is 5.86. The standard InChI is InChI=1S/C30H32ClN5O4S/c1-5-9-27-33-28-25(14-15-32-29(28)31)36(27)17-21-12-13-23(22(16-21)18-39-6-2)24-10-7-8-11-26(24)41(37,38)35-30-19(3)20(4)40-34-30/h7-8,10-16H,5-6,9,17-18H2,1-4H3,(H,34,35). The van der Waals surface area contributed by atoms with E-state index in [4.69, 9.17) is 25.8 Å². The van der Waals surface area contributed by atoms with Gasteiger partial charge in [-0.25, -0.2) is 18.4 Å². The highest BCUT2D eigenvalue weighted by Gasteiger charge is 2.24. The van der Waals surface area contributed by atoms with E-state index in [2.05, 4.69) is 32.4 Å². The number of rotatable bonds is 11. The van der Waals surface area contributed by atoms with E-state index < -0.39 is 10.0 Å². The first-order valence-electron chi connectivity index (χ1n) is 13.5. The summed E-state index contributed by atoms with van der Waals surface area (Å²) in [5.74, 6) is 1.67. The number of aryl methyl sites for hydroxylation is 2. The number of halogens is 1. The first-order chi connectivity index (χ1) is 19.7. The van der Waals surface area contributed by atoms with Gasteiger partial charge in [0.05, 0.1) is 17.0 Å². The van der Waals surface area contributed by atoms with Gasteiger partial charge in [-0.1, -0.05) is 60.1 Å². The van der Waals surface area contributed by atoms with Crippen molar-refractivity contribution >= 4 is 38.5 Å². The SMILES string of the molecule is CCCc1nc2c(Cl)nccc2n1Cc1ccc(-c2ccccc2S(=O)(=O)Nc2noc(C)c2C)c(COCC)c1. The van der Waals surface area contributed by atoms with Gasteiger partial charge in [-0.2, -0.15) is 0 Å². The summed E-state index contributed by atoms with van der Waals surface area (Å²) in [6.07, 6.45) is 3.43. The van der Waals surface area contributed by atoms with Crippen molar-refractivity contribution in [2.24, 2.45) is 0 Å². The molecule has 3 aromatic heterocycles. The zero-order chi connectivity index (χ0) is 29.1. The molecule has 0 amide bonds. The maximum Gasteiger partial charge on any atom is 0.263 e. The van der Waals surface area contributed by atoms with Crippen LogP contribution in [-0.2, 0) is 34.3 Å². The third-order valence-electron chi connectivity index (χ3n) is 7.00. The largest absolute Gasteiger partial charge is 0.377 e. The number of anilines is 1. The van der Waals surface area contributed by atoms with Crippen LogP contribution in [0.15, 0.2) is 64.1 Å². The van der Waals surface area contributed by atoms with Gasteiger partial charge in [-0.3, -0.25) is 4.72 Å². The fourth-order valence-corrected chi connectivity index (χ4v) is 6.28. The minimum Gasteiger partial charge on any atom is -0.377 e. The molecule has 9 nitrogen and oxygen atoms in total. The first-order valence-corrected chi connectivity index (χ1v) is 15.3. The lowest BCUT2D eigenvalue weighted by Gasteiger charge is -2.17. The second-order valence-corrected chi connectivity index (χ2v) is 11.8. The van der Waals surface area contributed by atoms with Crippen LogP contribution in [0, 0.1) is 13.8 Å². The average Bonchev–Trinajstić information content (AvgIpc) is 3.47. The molecule has 0 radical (unpaired) electrons. The molecule has 0 saturated heterocycles. The van der Waals surface area contributed by atoms with Gasteiger partial charge >= 0.3 is 0 Å². The summed E-state index contributed by atoms with van der Waals surface area (Å²) >= 11 is 6.36. The molecule has 0 aliphatic carbocycles. The molecular formula is C30H32ClN5O4S. The number of aromatic nitrogens is 4. The number of nitrogens with one attached hydrogen (secondary N) is 1. The number of pyridine rings is 1. The zero-order valence-electron chi connectivity index (χ0n) is 23.4. The quantitative estimate of drug-likeness (QED) is 0.170. The Bertz CT molecular complexity index is 1810. The summed E-state index contributed by atoms with van der Waals surface area (Å²) in [6.45, 7) is 8.95. The lowest BCUT2D eigenvalue weighted by atomic mass is 9.97. The highest BCUT2D eigenvalue weighted by atomic mass is 35.5. The van der Waals surface area contributed by atoms with Crippen LogP contribution in [-0.4, -0.2) is 34.7 Å². The predicted octanol–water partition coefficient (Wildman–Crippen LogP) is 6.69. The van der Waals surface area contributed by atoms with Gasteiger partial charge in [0.2, 0.25) is 0 Å². The van der Waals surface area contributed by atoms with Crippen molar-refractivity contribution in [3.05, 3.63) is 88.2 Å². The van der Waals surface area contributed by atoms with Gasteiger partial charge in [0, 0.05) is 36.9 Å². The summed E-state index contributed by atoms with van der Waals surface area (Å²) in [6, 6.07) is 14.9. The molecule has 214 valence electrons. The summed E-state index contributed by atoms with van der Waals surface area (Å²) in [7, 11) is -3.97. The van der Waals surface area contributed by atoms with Crippen LogP contribution >= 0.6 is 11.6 Å². The van der Waals surface area contributed by atoms with Crippen molar-refractivity contribution in [2.75, 3.05) is 11.3 Å². The van der Waals surface area contributed by atoms with Gasteiger partial charge in [0.1, 0.15) is 17.1 Å². The number of benzene rings is 2. The average molecular weight is 594 g/mol. The van der Waals surface area contributed by atoms with Gasteiger partial charge in [-0.15, -0.1) is 0 Å². The van der Waals surface area contributed by atoms with Gasteiger partial charge in [-0.05, 0) is 56.0 Å². The van der Waals surface area contributed by atoms with Crippen molar-refractivity contribution in [3.63, 3.8) is 0 Å². The molecular weight excluding hydrogens is 562 g/mol. The Hall–Kier alpha value is -3.73. The molecule has 0 aliphatic rings. The van der Waals surface area contributed by atoms with Gasteiger partial charge < -0.3 is 13.8 Å². The molecule has 3 heterocycles. The minimum absolute atomic E-state index is 0.138. The molecule has 0 fully saturated rings. The first kappa shape index (κ1) is 28.8. The summed E-state index contributed by atoms with van der Waals surface area (Å²) in [5, 5.41) is 4.26. The zero-order valence-corrected chi connectivity index (χ0v) is 25.0. The number of imidazole rings is 1. The van der Waals surface area contributed by atoms with Crippen LogP contribution in [0.1, 0.15) is 48.5 Å². The molecule has 0 atom stereocenters. The second kappa shape index (κ2) is 12.0. The van der Waals surface area contributed by atoms with Crippen molar-refractivity contribution in [2.45, 2.75) is 58.6 Å². The molecule has 2 aromatic carbocycles. The molecule has 0 aliphatic heterocycles. The monoisotopic (exact) mass is 593 g/mol. The molecule has 5 rings (SSSR count). The molecule has 1 N–H and O–H groups in total. The number of ether oxygens (including phenoxy) is 1. The van der Waals surface area contributed by atoms with Crippen molar-refractivity contribution in [1.82, 2.24) is 19.7 Å². The van der Waals surface area contributed by atoms with Crippen LogP contribution in [0.2, 0.25) is 5.15 Å². The normalized spacial score (nSPS) is 11.8. The Balaban J connectivity index is 1.56. The molecule has 0 bridgehead atoms. The second-order valence-electron chi connectivity index (χ2n) is 9.78. The fourth-order valence-electron chi connectivity index (χ4n) is 4.80. The van der Waals surface area contributed by atoms with E-state index in [9.17, 15) is 8.42 Å². The van der Waals surface area contributed by atoms with Crippen molar-refractivity contribution in [3.8, 4) is 11.1 Å². The summed E-state index contributed by atoms with van der Waals surface area (Å²) < 4.78 is 42.9. The number of fused-ring (bicyclic) bond motifs is 1. The molecule has 5 aromatic rings. The van der Waals surface area contributed by atoms with Crippen LogP contribution in [0.5, 0.6) is 0 Å². The maximum absolute atomic E-state index is 13.6. The topological polar surface area (TPSA) is 112 Å². The number of hydrogen-bond donors (Lipinski definition) is 1. The molecule has 0 saturated carbocycles. The third-order valence-corrected chi connectivity index (χ3v) is 8.68.